The van der Waals surface area contributed by atoms with Crippen LogP contribution in [0.15, 0.2) is 60.0 Å². The van der Waals surface area contributed by atoms with Crippen LogP contribution in [0.1, 0.15) is 5.56 Å². The summed E-state index contributed by atoms with van der Waals surface area (Å²) in [4.78, 5) is 11.7. The largest absolute Gasteiger partial charge is 0.482 e. The molecule has 0 amide bonds. The molecular weight excluding hydrogens is 284 g/mol. The molecule has 0 aliphatic carbocycles. The highest BCUT2D eigenvalue weighted by atomic mass is 32.1. The van der Waals surface area contributed by atoms with Crippen molar-refractivity contribution >= 4 is 27.4 Å². The van der Waals surface area contributed by atoms with E-state index in [0.717, 1.165) is 10.9 Å². The summed E-state index contributed by atoms with van der Waals surface area (Å²) in [5.41, 5.74) is 1.03. The van der Waals surface area contributed by atoms with Crippen molar-refractivity contribution in [2.24, 2.45) is 0 Å². The van der Waals surface area contributed by atoms with E-state index in [1.807, 2.05) is 41.8 Å². The third-order valence-electron chi connectivity index (χ3n) is 3.05. The minimum atomic E-state index is -0.367. The molecule has 3 rings (SSSR count). The van der Waals surface area contributed by atoms with Gasteiger partial charge in [-0.2, -0.15) is 0 Å². The first-order chi connectivity index (χ1) is 10.3. The number of fused-ring (bicyclic) bond motifs is 1. The molecule has 3 aromatic rings. The minimum Gasteiger partial charge on any atom is -0.482 e. The van der Waals surface area contributed by atoms with Crippen LogP contribution in [0.5, 0.6) is 5.75 Å². The third-order valence-corrected chi connectivity index (χ3v) is 4.06. The quantitative estimate of drug-likeness (QED) is 0.667. The molecule has 0 atom stereocenters. The molecule has 0 saturated carbocycles. The summed E-state index contributed by atoms with van der Waals surface area (Å²) in [5.74, 6) is 0.296. The van der Waals surface area contributed by atoms with Gasteiger partial charge in [-0.15, -0.1) is 11.3 Å². The van der Waals surface area contributed by atoms with E-state index < -0.39 is 0 Å². The Morgan fingerprint density at radius 2 is 1.76 bits per heavy atom. The molecule has 0 fully saturated rings. The second-order valence-electron chi connectivity index (χ2n) is 4.52. The van der Waals surface area contributed by atoms with Crippen molar-refractivity contribution in [3.8, 4) is 5.75 Å². The predicted octanol–water partition coefficient (Wildman–Crippen LogP) is 4.02. The van der Waals surface area contributed by atoms with E-state index in [9.17, 15) is 4.79 Å². The zero-order valence-electron chi connectivity index (χ0n) is 11.3. The number of esters is 1. The molecule has 0 aliphatic heterocycles. The van der Waals surface area contributed by atoms with E-state index in [1.165, 1.54) is 4.70 Å². The molecule has 2 aromatic carbocycles. The average Bonchev–Trinajstić information content (AvgIpc) is 2.95. The highest BCUT2D eigenvalue weighted by Crippen LogP contribution is 2.26. The van der Waals surface area contributed by atoms with E-state index in [-0.39, 0.29) is 19.2 Å². The third kappa shape index (κ3) is 3.41. The van der Waals surface area contributed by atoms with Crippen LogP contribution in [0.25, 0.3) is 10.1 Å². The molecule has 0 bridgehead atoms. The first-order valence-corrected chi connectivity index (χ1v) is 7.49. The van der Waals surface area contributed by atoms with Crippen LogP contribution in [0.2, 0.25) is 0 Å². The Balaban J connectivity index is 1.54. The van der Waals surface area contributed by atoms with Crippen LogP contribution in [0.3, 0.4) is 0 Å². The van der Waals surface area contributed by atoms with Crippen molar-refractivity contribution in [1.29, 1.82) is 0 Å². The molecule has 1 heterocycles. The molecule has 0 saturated heterocycles. The maximum Gasteiger partial charge on any atom is 0.344 e. The van der Waals surface area contributed by atoms with E-state index in [1.54, 1.807) is 23.5 Å². The summed E-state index contributed by atoms with van der Waals surface area (Å²) in [6.45, 7) is 0.201. The van der Waals surface area contributed by atoms with Crippen LogP contribution < -0.4 is 4.74 Å². The van der Waals surface area contributed by atoms with Gasteiger partial charge in [-0.3, -0.25) is 0 Å². The maximum absolute atomic E-state index is 11.7. The van der Waals surface area contributed by atoms with Gasteiger partial charge in [0.1, 0.15) is 12.4 Å². The number of hydrogen-bond donors (Lipinski definition) is 0. The van der Waals surface area contributed by atoms with Gasteiger partial charge in [-0.1, -0.05) is 36.4 Å². The number of para-hydroxylation sites is 1. The molecule has 0 aliphatic rings. The van der Waals surface area contributed by atoms with Crippen LogP contribution >= 0.6 is 11.3 Å². The lowest BCUT2D eigenvalue weighted by atomic mass is 10.2. The molecule has 0 unspecified atom stereocenters. The molecule has 0 radical (unpaired) electrons. The van der Waals surface area contributed by atoms with Gasteiger partial charge in [0, 0.05) is 10.3 Å². The fourth-order valence-corrected chi connectivity index (χ4v) is 2.95. The Bertz CT molecular complexity index is 734. The number of thiophene rings is 1. The van der Waals surface area contributed by atoms with Gasteiger partial charge in [-0.05, 0) is 29.0 Å². The van der Waals surface area contributed by atoms with Crippen molar-refractivity contribution in [3.63, 3.8) is 0 Å². The number of benzene rings is 2. The van der Waals surface area contributed by atoms with Gasteiger partial charge in [0.15, 0.2) is 6.61 Å². The number of carbonyl (C=O) groups excluding carboxylic acids is 1. The Labute approximate surface area is 126 Å². The number of hydrogen-bond acceptors (Lipinski definition) is 4. The predicted molar refractivity (Wildman–Crippen MR) is 83.6 cm³/mol. The fourth-order valence-electron chi connectivity index (χ4n) is 2.00. The summed E-state index contributed by atoms with van der Waals surface area (Å²) < 4.78 is 11.8. The second-order valence-corrected chi connectivity index (χ2v) is 5.43. The Morgan fingerprint density at radius 1 is 1.00 bits per heavy atom. The van der Waals surface area contributed by atoms with E-state index >= 15 is 0 Å². The van der Waals surface area contributed by atoms with Gasteiger partial charge < -0.3 is 9.47 Å². The highest BCUT2D eigenvalue weighted by Gasteiger charge is 2.08. The smallest absolute Gasteiger partial charge is 0.344 e. The topological polar surface area (TPSA) is 35.5 Å². The van der Waals surface area contributed by atoms with Gasteiger partial charge >= 0.3 is 5.97 Å². The van der Waals surface area contributed by atoms with Gasteiger partial charge in [0.05, 0.1) is 0 Å². The Kier molecular flexibility index (Phi) is 4.17. The van der Waals surface area contributed by atoms with Crippen molar-refractivity contribution in [1.82, 2.24) is 0 Å². The lowest BCUT2D eigenvalue weighted by Gasteiger charge is -2.06. The summed E-state index contributed by atoms with van der Waals surface area (Å²) in [6, 6.07) is 17.3. The van der Waals surface area contributed by atoms with Crippen LogP contribution in [-0.4, -0.2) is 12.6 Å². The van der Waals surface area contributed by atoms with Crippen LogP contribution in [-0.2, 0) is 16.1 Å². The lowest BCUT2D eigenvalue weighted by Crippen LogP contribution is -2.14. The highest BCUT2D eigenvalue weighted by molar-refractivity contribution is 7.17. The molecule has 0 spiro atoms. The molecular formula is C17H14O3S. The fraction of sp³-hybridized carbons (Fsp3) is 0.118. The minimum absolute atomic E-state index is 0.0773. The SMILES string of the molecule is O=C(COc1ccccc1)OCc1csc2ccccc12. The molecule has 21 heavy (non-hydrogen) atoms. The summed E-state index contributed by atoms with van der Waals surface area (Å²) in [5, 5.41) is 3.16. The number of ether oxygens (including phenoxy) is 2. The average molecular weight is 298 g/mol. The van der Waals surface area contributed by atoms with E-state index in [4.69, 9.17) is 9.47 Å². The zero-order chi connectivity index (χ0) is 14.5. The number of rotatable bonds is 5. The standard InChI is InChI=1S/C17H14O3S/c18-17(11-19-14-6-2-1-3-7-14)20-10-13-12-21-16-9-5-4-8-15(13)16/h1-9,12H,10-11H2. The second kappa shape index (κ2) is 6.41. The Hall–Kier alpha value is -2.33. The zero-order valence-corrected chi connectivity index (χ0v) is 12.1. The summed E-state index contributed by atoms with van der Waals surface area (Å²) in [6.07, 6.45) is 0. The van der Waals surface area contributed by atoms with Crippen molar-refractivity contribution in [2.45, 2.75) is 6.61 Å². The van der Waals surface area contributed by atoms with Crippen molar-refractivity contribution < 1.29 is 14.3 Å². The molecule has 3 nitrogen and oxygen atoms in total. The summed E-state index contributed by atoms with van der Waals surface area (Å²) >= 11 is 1.65. The lowest BCUT2D eigenvalue weighted by molar-refractivity contribution is -0.147. The van der Waals surface area contributed by atoms with Crippen LogP contribution in [0, 0.1) is 0 Å². The molecule has 0 N–H and O–H groups in total. The Morgan fingerprint density at radius 3 is 2.62 bits per heavy atom. The van der Waals surface area contributed by atoms with Crippen molar-refractivity contribution in [3.05, 3.63) is 65.5 Å². The van der Waals surface area contributed by atoms with E-state index in [0.29, 0.717) is 5.75 Å². The van der Waals surface area contributed by atoms with Gasteiger partial charge in [0.25, 0.3) is 0 Å². The van der Waals surface area contributed by atoms with Gasteiger partial charge in [0.2, 0.25) is 0 Å². The van der Waals surface area contributed by atoms with Crippen molar-refractivity contribution in [2.75, 3.05) is 6.61 Å². The first-order valence-electron chi connectivity index (χ1n) is 6.61. The number of carbonyl (C=O) groups is 1. The van der Waals surface area contributed by atoms with Crippen LogP contribution in [0.4, 0.5) is 0 Å². The molecule has 106 valence electrons. The first kappa shape index (κ1) is 13.6. The normalized spacial score (nSPS) is 10.5. The monoisotopic (exact) mass is 298 g/mol. The molecule has 1 aromatic heterocycles. The maximum atomic E-state index is 11.7. The molecule has 4 heteroatoms. The van der Waals surface area contributed by atoms with E-state index in [2.05, 4.69) is 6.07 Å². The summed E-state index contributed by atoms with van der Waals surface area (Å²) in [7, 11) is 0. The van der Waals surface area contributed by atoms with Gasteiger partial charge in [-0.25, -0.2) is 4.79 Å².